The molecule has 0 aliphatic carbocycles. The van der Waals surface area contributed by atoms with Crippen LogP contribution in [0.5, 0.6) is 0 Å². The molecule has 0 amide bonds. The third-order valence-electron chi connectivity index (χ3n) is 0. The first-order valence-corrected chi connectivity index (χ1v) is 0.500. The normalized spacial score (nSPS) is 0.571. The van der Waals surface area contributed by atoms with E-state index in [4.69, 9.17) is 0 Å². The summed E-state index contributed by atoms with van der Waals surface area (Å²) in [6.45, 7) is 6.00. The Kier molecular flexibility index (Phi) is 434. The second-order valence-electron chi connectivity index (χ2n) is 0. The summed E-state index contributed by atoms with van der Waals surface area (Å²) in [5, 5.41) is 0. The first kappa shape index (κ1) is 49.4. The van der Waals surface area contributed by atoms with Gasteiger partial charge in [0.15, 0.2) is 0 Å². The molecule has 6 N–H and O–H groups in total. The molecule has 0 heterocycles. The summed E-state index contributed by atoms with van der Waals surface area (Å²) in [6.07, 6.45) is 0. The molecule has 0 atom stereocenters. The summed E-state index contributed by atoms with van der Waals surface area (Å²) in [6, 6.07) is 0. The zero-order chi connectivity index (χ0) is 2.00. The molecule has 0 bridgehead atoms. The van der Waals surface area contributed by atoms with Gasteiger partial charge in [-0.25, -0.2) is 0 Å². The average Bonchev–Trinajstić information content (AvgIpc) is 1.00. The van der Waals surface area contributed by atoms with E-state index in [1.165, 1.54) is 0 Å². The van der Waals surface area contributed by atoms with Crippen molar-refractivity contribution in [3.05, 3.63) is 13.2 Å². The molecule has 0 rings (SSSR count). The van der Waals surface area contributed by atoms with E-state index >= 15 is 0 Å². The molecule has 0 aliphatic rings. The maximum absolute atomic E-state index is 3.00. The molecule has 5 heteroatoms. The van der Waals surface area contributed by atoms with Crippen molar-refractivity contribution in [2.75, 3.05) is 0 Å². The summed E-state index contributed by atoms with van der Waals surface area (Å²) in [5.74, 6) is 0. The SMILES string of the molecule is C=C.N.N.[Na+].[Na+].[Sr+2]. The summed E-state index contributed by atoms with van der Waals surface area (Å²) < 4.78 is 0. The monoisotopic (exact) mass is 196 g/mol. The molecule has 0 unspecified atom stereocenters. The third kappa shape index (κ3) is 47.3. The van der Waals surface area contributed by atoms with Crippen LogP contribution in [0.15, 0.2) is 13.2 Å². The van der Waals surface area contributed by atoms with Crippen LogP contribution in [0.1, 0.15) is 0 Å². The van der Waals surface area contributed by atoms with Crippen molar-refractivity contribution in [2.45, 2.75) is 0 Å². The molecule has 7 heavy (non-hydrogen) atoms. The minimum absolute atomic E-state index is 0. The number of hydrogen-bond donors (Lipinski definition) is 2. The van der Waals surface area contributed by atoms with E-state index in [9.17, 15) is 0 Å². The molecule has 0 saturated heterocycles. The maximum Gasteiger partial charge on any atom is 2.00 e. The van der Waals surface area contributed by atoms with Gasteiger partial charge in [-0.1, -0.05) is 0 Å². The van der Waals surface area contributed by atoms with Gasteiger partial charge in [-0.05, 0) is 0 Å². The van der Waals surface area contributed by atoms with Gasteiger partial charge in [0.05, 0.1) is 0 Å². The second kappa shape index (κ2) is 61.4. The Morgan fingerprint density at radius 1 is 0.714 bits per heavy atom. The topological polar surface area (TPSA) is 70.0 Å². The van der Waals surface area contributed by atoms with Gasteiger partial charge in [0.25, 0.3) is 0 Å². The van der Waals surface area contributed by atoms with Crippen molar-refractivity contribution in [3.8, 4) is 0 Å². The molecule has 0 aromatic rings. The zero-order valence-electron chi connectivity index (χ0n) is 5.54. The Labute approximate surface area is 127 Å². The van der Waals surface area contributed by atoms with Crippen molar-refractivity contribution in [1.29, 1.82) is 0 Å². The van der Waals surface area contributed by atoms with Crippen LogP contribution in [0, 0.1) is 0 Å². The van der Waals surface area contributed by atoms with Gasteiger partial charge < -0.3 is 12.3 Å². The Morgan fingerprint density at radius 2 is 0.714 bits per heavy atom. The van der Waals surface area contributed by atoms with Crippen molar-refractivity contribution < 1.29 is 59.1 Å². The molecule has 28 valence electrons. The van der Waals surface area contributed by atoms with Crippen LogP contribution in [0.25, 0.3) is 0 Å². The molecule has 0 aromatic carbocycles. The van der Waals surface area contributed by atoms with Gasteiger partial charge in [-0.15, -0.1) is 13.2 Å². The molecule has 0 spiro atoms. The van der Waals surface area contributed by atoms with Crippen LogP contribution >= 0.6 is 0 Å². The van der Waals surface area contributed by atoms with Gasteiger partial charge in [0, 0.05) is 0 Å². The van der Waals surface area contributed by atoms with E-state index in [1.54, 1.807) is 0 Å². The van der Waals surface area contributed by atoms with Gasteiger partial charge >= 0.3 is 105 Å². The van der Waals surface area contributed by atoms with Gasteiger partial charge in [-0.3, -0.25) is 0 Å². The minimum Gasteiger partial charge on any atom is -0.344 e. The van der Waals surface area contributed by atoms with Crippen LogP contribution in [0.4, 0.5) is 0 Å². The summed E-state index contributed by atoms with van der Waals surface area (Å²) >= 11 is 0. The zero-order valence-corrected chi connectivity index (χ0v) is 13.0. The standard InChI is InChI=1S/C2H4.2H3N.2Na.Sr/c1-2;;;;;/h1-2H2;2*1H3;;;/q;;;2*+1;+2. The smallest absolute Gasteiger partial charge is 0.344 e. The molecule has 0 aliphatic heterocycles. The molecular weight excluding hydrogens is 186 g/mol. The van der Waals surface area contributed by atoms with Crippen molar-refractivity contribution in [3.63, 3.8) is 0 Å². The molecule has 0 radical (unpaired) electrons. The van der Waals surface area contributed by atoms with Crippen LogP contribution in [0.3, 0.4) is 0 Å². The first-order valence-electron chi connectivity index (χ1n) is 0.500. The van der Waals surface area contributed by atoms with E-state index in [2.05, 4.69) is 13.2 Å². The van der Waals surface area contributed by atoms with Crippen LogP contribution in [-0.2, 0) is 0 Å². The Balaban J connectivity index is -0.000000000500. The molecule has 0 fully saturated rings. The van der Waals surface area contributed by atoms with Crippen LogP contribution < -0.4 is 71.4 Å². The predicted octanol–water partition coefficient (Wildman–Crippen LogP) is -5.25. The van der Waals surface area contributed by atoms with Crippen molar-refractivity contribution >= 4 is 45.5 Å². The Morgan fingerprint density at radius 3 is 0.714 bits per heavy atom. The number of hydrogen-bond acceptors (Lipinski definition) is 2. The average molecular weight is 196 g/mol. The summed E-state index contributed by atoms with van der Waals surface area (Å²) in [5.41, 5.74) is 0. The molecule has 0 saturated carbocycles. The maximum atomic E-state index is 3.00. The Hall–Kier alpha value is 3.14. The first-order chi connectivity index (χ1) is 1.00. The minimum atomic E-state index is 0. The molecule has 2 nitrogen and oxygen atoms in total. The largest absolute Gasteiger partial charge is 2.00 e. The second-order valence-corrected chi connectivity index (χ2v) is 0. The predicted molar refractivity (Wildman–Crippen MR) is 27.1 cm³/mol. The fraction of sp³-hybridized carbons (Fsp3) is 0. The number of rotatable bonds is 0. The van der Waals surface area contributed by atoms with Crippen molar-refractivity contribution in [2.24, 2.45) is 0 Å². The van der Waals surface area contributed by atoms with Gasteiger partial charge in [0.2, 0.25) is 0 Å². The quantitative estimate of drug-likeness (QED) is 0.300. The summed E-state index contributed by atoms with van der Waals surface area (Å²) in [7, 11) is 0. The van der Waals surface area contributed by atoms with Gasteiger partial charge in [0.1, 0.15) is 0 Å². The van der Waals surface area contributed by atoms with E-state index < -0.39 is 0 Å². The van der Waals surface area contributed by atoms with Crippen LogP contribution in [-0.4, -0.2) is 45.5 Å². The van der Waals surface area contributed by atoms with Crippen LogP contribution in [0.2, 0.25) is 0 Å². The molecular formula is C2H10N2Na2Sr+4. The fourth-order valence-corrected chi connectivity index (χ4v) is 0. The van der Waals surface area contributed by atoms with Gasteiger partial charge in [-0.2, -0.15) is 0 Å². The Bertz CT molecular complexity index is 13.7. The van der Waals surface area contributed by atoms with E-state index in [1.807, 2.05) is 0 Å². The van der Waals surface area contributed by atoms with Crippen molar-refractivity contribution in [1.82, 2.24) is 12.3 Å². The molecule has 0 aromatic heterocycles. The summed E-state index contributed by atoms with van der Waals surface area (Å²) in [4.78, 5) is 0. The van der Waals surface area contributed by atoms with E-state index in [0.29, 0.717) is 0 Å². The van der Waals surface area contributed by atoms with E-state index in [-0.39, 0.29) is 117 Å². The van der Waals surface area contributed by atoms with E-state index in [0.717, 1.165) is 0 Å². The third-order valence-corrected chi connectivity index (χ3v) is 0. The fourth-order valence-electron chi connectivity index (χ4n) is 0.